The summed E-state index contributed by atoms with van der Waals surface area (Å²) in [6.45, 7) is 8.30. The summed E-state index contributed by atoms with van der Waals surface area (Å²) >= 11 is 4.46. The fourth-order valence-corrected chi connectivity index (χ4v) is 1.63. The number of hydrogen-bond acceptors (Lipinski definition) is 1. The zero-order valence-electron chi connectivity index (χ0n) is 6.84. The van der Waals surface area contributed by atoms with Gasteiger partial charge in [-0.15, -0.1) is 13.2 Å². The van der Waals surface area contributed by atoms with Gasteiger partial charge in [0.05, 0.1) is 0 Å². The van der Waals surface area contributed by atoms with Crippen molar-refractivity contribution in [3.8, 4) is 0 Å². The Balaban J connectivity index is 0.000000371. The van der Waals surface area contributed by atoms with Gasteiger partial charge in [0.1, 0.15) is 0 Å². The highest BCUT2D eigenvalue weighted by Crippen LogP contribution is 2.27. The van der Waals surface area contributed by atoms with Crippen molar-refractivity contribution in [2.24, 2.45) is 5.92 Å². The third-order valence-corrected chi connectivity index (χ3v) is 2.83. The lowest BCUT2D eigenvalue weighted by molar-refractivity contribution is 0.399. The Labute approximate surface area is 70.1 Å². The van der Waals surface area contributed by atoms with E-state index < -0.39 is 0 Å². The molecule has 2 unspecified atom stereocenters. The van der Waals surface area contributed by atoms with Crippen molar-refractivity contribution in [3.63, 3.8) is 0 Å². The summed E-state index contributed by atoms with van der Waals surface area (Å²) in [6, 6.07) is 0. The molecule has 0 bridgehead atoms. The van der Waals surface area contributed by atoms with Gasteiger partial charge in [0, 0.05) is 5.25 Å². The molecule has 1 heteroatoms. The van der Waals surface area contributed by atoms with Crippen LogP contribution >= 0.6 is 12.6 Å². The summed E-state index contributed by atoms with van der Waals surface area (Å²) in [4.78, 5) is 0. The van der Waals surface area contributed by atoms with E-state index >= 15 is 0 Å². The highest BCUT2D eigenvalue weighted by Gasteiger charge is 2.16. The molecule has 1 saturated carbocycles. The van der Waals surface area contributed by atoms with Crippen molar-refractivity contribution in [2.75, 3.05) is 0 Å². The summed E-state index contributed by atoms with van der Waals surface area (Å²) < 4.78 is 0. The Hall–Kier alpha value is 0.0900. The van der Waals surface area contributed by atoms with E-state index in [1.807, 2.05) is 0 Å². The van der Waals surface area contributed by atoms with E-state index in [0.717, 1.165) is 5.92 Å². The van der Waals surface area contributed by atoms with Crippen molar-refractivity contribution in [1.82, 2.24) is 0 Å². The third-order valence-electron chi connectivity index (χ3n) is 2.07. The molecule has 0 heterocycles. The second kappa shape index (κ2) is 5.84. The van der Waals surface area contributed by atoms with Gasteiger partial charge in [0.15, 0.2) is 0 Å². The molecule has 0 nitrogen and oxygen atoms in total. The van der Waals surface area contributed by atoms with Gasteiger partial charge in [-0.3, -0.25) is 0 Å². The highest BCUT2D eigenvalue weighted by molar-refractivity contribution is 7.81. The Kier molecular flexibility index (Phi) is 5.90. The topological polar surface area (TPSA) is 0 Å². The van der Waals surface area contributed by atoms with Crippen LogP contribution in [0.3, 0.4) is 0 Å². The predicted molar refractivity (Wildman–Crippen MR) is 51.7 cm³/mol. The van der Waals surface area contributed by atoms with Crippen LogP contribution in [-0.4, -0.2) is 5.25 Å². The number of thiol groups is 1. The lowest BCUT2D eigenvalue weighted by Crippen LogP contribution is -2.15. The molecule has 1 fully saturated rings. The van der Waals surface area contributed by atoms with Crippen LogP contribution in [0.4, 0.5) is 0 Å². The van der Waals surface area contributed by atoms with Crippen LogP contribution in [-0.2, 0) is 0 Å². The second-order valence-electron chi connectivity index (χ2n) is 2.83. The zero-order chi connectivity index (χ0) is 7.98. The van der Waals surface area contributed by atoms with Gasteiger partial charge in [-0.25, -0.2) is 0 Å². The van der Waals surface area contributed by atoms with Crippen molar-refractivity contribution in [3.05, 3.63) is 13.2 Å². The smallest absolute Gasteiger partial charge is 0.00424 e. The standard InChI is InChI=1S/C7H14S.C2H4/c1-6-4-2-3-5-7(6)8;1-2/h6-8H,2-5H2,1H3;1-2H2. The Bertz CT molecular complexity index is 70.8. The van der Waals surface area contributed by atoms with E-state index in [9.17, 15) is 0 Å². The minimum absolute atomic E-state index is 0.698. The highest BCUT2D eigenvalue weighted by atomic mass is 32.1. The first-order valence-electron chi connectivity index (χ1n) is 3.99. The van der Waals surface area contributed by atoms with Gasteiger partial charge in [-0.05, 0) is 18.8 Å². The van der Waals surface area contributed by atoms with E-state index in [1.54, 1.807) is 0 Å². The molecule has 10 heavy (non-hydrogen) atoms. The first-order valence-corrected chi connectivity index (χ1v) is 4.50. The van der Waals surface area contributed by atoms with Gasteiger partial charge in [0.25, 0.3) is 0 Å². The van der Waals surface area contributed by atoms with Crippen molar-refractivity contribution < 1.29 is 0 Å². The minimum Gasteiger partial charge on any atom is -0.176 e. The van der Waals surface area contributed by atoms with Crippen LogP contribution in [0.5, 0.6) is 0 Å². The van der Waals surface area contributed by atoms with Crippen molar-refractivity contribution >= 4 is 12.6 Å². The summed E-state index contributed by atoms with van der Waals surface area (Å²) in [5, 5.41) is 0.698. The minimum atomic E-state index is 0.698. The fraction of sp³-hybridized carbons (Fsp3) is 0.778. The van der Waals surface area contributed by atoms with Crippen molar-refractivity contribution in [1.29, 1.82) is 0 Å². The largest absolute Gasteiger partial charge is 0.176 e. The van der Waals surface area contributed by atoms with Gasteiger partial charge >= 0.3 is 0 Å². The molecule has 1 aliphatic carbocycles. The molecule has 0 aromatic rings. The molecular weight excluding hydrogens is 140 g/mol. The third kappa shape index (κ3) is 3.31. The summed E-state index contributed by atoms with van der Waals surface area (Å²) in [7, 11) is 0. The number of rotatable bonds is 0. The van der Waals surface area contributed by atoms with Crippen LogP contribution in [0.2, 0.25) is 0 Å². The molecule has 0 aromatic heterocycles. The van der Waals surface area contributed by atoms with Crippen molar-refractivity contribution in [2.45, 2.75) is 37.9 Å². The van der Waals surface area contributed by atoms with E-state index in [1.165, 1.54) is 25.7 Å². The predicted octanol–water partition coefficient (Wildman–Crippen LogP) is 3.30. The zero-order valence-corrected chi connectivity index (χ0v) is 7.74. The molecule has 60 valence electrons. The Morgan fingerprint density at radius 3 is 2.00 bits per heavy atom. The number of hydrogen-bond donors (Lipinski definition) is 1. The van der Waals surface area contributed by atoms with Crippen LogP contribution in [0.1, 0.15) is 32.6 Å². The maximum Gasteiger partial charge on any atom is 0.00424 e. The van der Waals surface area contributed by atoms with Gasteiger partial charge in [-0.1, -0.05) is 19.8 Å². The van der Waals surface area contributed by atoms with E-state index in [0.29, 0.717) is 5.25 Å². The maximum absolute atomic E-state index is 4.46. The van der Waals surface area contributed by atoms with Gasteiger partial charge in [-0.2, -0.15) is 12.6 Å². The average Bonchev–Trinajstić information content (AvgIpc) is 2.00. The lowest BCUT2D eigenvalue weighted by Gasteiger charge is -2.23. The molecule has 0 aliphatic heterocycles. The van der Waals surface area contributed by atoms with Gasteiger partial charge < -0.3 is 0 Å². The maximum atomic E-state index is 4.46. The molecule has 0 N–H and O–H groups in total. The quantitative estimate of drug-likeness (QED) is 0.406. The molecule has 2 atom stereocenters. The first-order chi connectivity index (χ1) is 4.80. The molecule has 1 rings (SSSR count). The van der Waals surface area contributed by atoms with Crippen LogP contribution in [0.15, 0.2) is 13.2 Å². The normalized spacial score (nSPS) is 32.2. The van der Waals surface area contributed by atoms with E-state index in [4.69, 9.17) is 0 Å². The average molecular weight is 158 g/mol. The molecule has 1 aliphatic rings. The van der Waals surface area contributed by atoms with E-state index in [-0.39, 0.29) is 0 Å². The monoisotopic (exact) mass is 158 g/mol. The molecular formula is C9H18S. The first kappa shape index (κ1) is 10.1. The molecule has 0 saturated heterocycles. The lowest BCUT2D eigenvalue weighted by atomic mass is 9.90. The summed E-state index contributed by atoms with van der Waals surface area (Å²) in [6.07, 6.45) is 5.56. The van der Waals surface area contributed by atoms with Crippen LogP contribution in [0.25, 0.3) is 0 Å². The summed E-state index contributed by atoms with van der Waals surface area (Å²) in [5.74, 6) is 0.868. The fourth-order valence-electron chi connectivity index (χ4n) is 1.30. The second-order valence-corrected chi connectivity index (χ2v) is 3.49. The Morgan fingerprint density at radius 2 is 1.70 bits per heavy atom. The SMILES string of the molecule is C=C.CC1CCCCC1S. The van der Waals surface area contributed by atoms with E-state index in [2.05, 4.69) is 32.7 Å². The Morgan fingerprint density at radius 1 is 1.20 bits per heavy atom. The van der Waals surface area contributed by atoms with Gasteiger partial charge in [0.2, 0.25) is 0 Å². The molecule has 0 amide bonds. The van der Waals surface area contributed by atoms with Crippen LogP contribution < -0.4 is 0 Å². The summed E-state index contributed by atoms with van der Waals surface area (Å²) in [5.41, 5.74) is 0. The molecule has 0 aromatic carbocycles. The molecule has 0 radical (unpaired) electrons. The molecule has 0 spiro atoms. The van der Waals surface area contributed by atoms with Crippen LogP contribution in [0, 0.1) is 5.92 Å².